The number of carbonyl (C=O) groups excluding carboxylic acids is 1. The highest BCUT2D eigenvalue weighted by Gasteiger charge is 2.18. The third-order valence-corrected chi connectivity index (χ3v) is 1.92. The van der Waals surface area contributed by atoms with Crippen LogP contribution < -0.4 is 0 Å². The minimum atomic E-state index is -0.142. The fourth-order valence-electron chi connectivity index (χ4n) is 0.823. The van der Waals surface area contributed by atoms with Gasteiger partial charge >= 0.3 is 5.97 Å². The number of halogens is 1. The summed E-state index contributed by atoms with van der Waals surface area (Å²) in [5.41, 5.74) is 0. The fourth-order valence-corrected chi connectivity index (χ4v) is 1.00. The number of alkyl halides is 1. The van der Waals surface area contributed by atoms with Crippen LogP contribution in [0.5, 0.6) is 0 Å². The first-order valence-corrected chi connectivity index (χ1v) is 4.68. The maximum Gasteiger partial charge on any atom is 0.316 e. The van der Waals surface area contributed by atoms with Crippen molar-refractivity contribution in [1.82, 2.24) is 0 Å². The van der Waals surface area contributed by atoms with E-state index in [-0.39, 0.29) is 12.1 Å². The van der Waals surface area contributed by atoms with E-state index in [0.717, 1.165) is 13.0 Å². The van der Waals surface area contributed by atoms with Crippen LogP contribution in [0.1, 0.15) is 6.42 Å². The van der Waals surface area contributed by atoms with Gasteiger partial charge in [0.2, 0.25) is 0 Å². The van der Waals surface area contributed by atoms with Gasteiger partial charge in [-0.1, -0.05) is 22.6 Å². The Balaban J connectivity index is 2.17. The maximum atomic E-state index is 10.7. The van der Waals surface area contributed by atoms with Crippen LogP contribution in [-0.2, 0) is 14.3 Å². The van der Waals surface area contributed by atoms with Crippen molar-refractivity contribution in [3.8, 4) is 0 Å². The Morgan fingerprint density at radius 2 is 2.60 bits per heavy atom. The minimum absolute atomic E-state index is 0.0160. The van der Waals surface area contributed by atoms with E-state index in [2.05, 4.69) is 0 Å². The average molecular weight is 256 g/mol. The van der Waals surface area contributed by atoms with Gasteiger partial charge in [0.05, 0.1) is 17.6 Å². The normalized spacial score (nSPS) is 24.7. The Labute approximate surface area is 73.2 Å². The molecule has 1 atom stereocenters. The lowest BCUT2D eigenvalue weighted by Crippen LogP contribution is -2.18. The maximum absolute atomic E-state index is 10.7. The number of hydrogen-bond acceptors (Lipinski definition) is 3. The van der Waals surface area contributed by atoms with Crippen LogP contribution in [0.25, 0.3) is 0 Å². The molecule has 4 heteroatoms. The molecule has 0 aromatic heterocycles. The molecule has 1 aliphatic rings. The standard InChI is InChI=1S/C6H9IO3/c7-3-6(8)10-5-1-2-9-4-5/h5H,1-4H2/t5-/m1/s1. The zero-order valence-corrected chi connectivity index (χ0v) is 7.67. The van der Waals surface area contributed by atoms with Crippen molar-refractivity contribution < 1.29 is 14.3 Å². The highest BCUT2D eigenvalue weighted by atomic mass is 127. The lowest BCUT2D eigenvalue weighted by Gasteiger charge is -2.07. The summed E-state index contributed by atoms with van der Waals surface area (Å²) in [6, 6.07) is 0. The molecule has 3 nitrogen and oxygen atoms in total. The lowest BCUT2D eigenvalue weighted by molar-refractivity contribution is -0.145. The number of esters is 1. The molecule has 0 bridgehead atoms. The molecular formula is C6H9IO3. The van der Waals surface area contributed by atoms with Gasteiger partial charge in [-0.2, -0.15) is 0 Å². The second kappa shape index (κ2) is 4.12. The summed E-state index contributed by atoms with van der Waals surface area (Å²) in [6.45, 7) is 1.29. The van der Waals surface area contributed by atoms with Crippen LogP contribution in [0.4, 0.5) is 0 Å². The Morgan fingerprint density at radius 3 is 3.10 bits per heavy atom. The van der Waals surface area contributed by atoms with Crippen LogP contribution >= 0.6 is 22.6 Å². The van der Waals surface area contributed by atoms with E-state index in [4.69, 9.17) is 9.47 Å². The highest BCUT2D eigenvalue weighted by molar-refractivity contribution is 14.1. The first-order chi connectivity index (χ1) is 4.83. The van der Waals surface area contributed by atoms with Crippen molar-refractivity contribution in [2.45, 2.75) is 12.5 Å². The molecule has 1 aliphatic heterocycles. The molecule has 0 unspecified atom stereocenters. The average Bonchev–Trinajstić information content (AvgIpc) is 2.40. The molecule has 58 valence electrons. The largest absolute Gasteiger partial charge is 0.459 e. The van der Waals surface area contributed by atoms with Crippen LogP contribution in [0, 0.1) is 0 Å². The quantitative estimate of drug-likeness (QED) is 0.415. The van der Waals surface area contributed by atoms with Crippen LogP contribution in [-0.4, -0.2) is 29.7 Å². The number of ether oxygens (including phenoxy) is 2. The summed E-state index contributed by atoms with van der Waals surface area (Å²) < 4.78 is 10.4. The molecule has 0 aromatic rings. The molecule has 0 spiro atoms. The van der Waals surface area contributed by atoms with Crippen LogP contribution in [0.2, 0.25) is 0 Å². The molecule has 0 aromatic carbocycles. The molecule has 1 fully saturated rings. The third kappa shape index (κ3) is 2.42. The molecule has 0 N–H and O–H groups in total. The minimum Gasteiger partial charge on any atom is -0.459 e. The highest BCUT2D eigenvalue weighted by Crippen LogP contribution is 2.08. The zero-order chi connectivity index (χ0) is 7.40. The van der Waals surface area contributed by atoms with E-state index in [0.29, 0.717) is 11.0 Å². The molecule has 1 saturated heterocycles. The molecule has 10 heavy (non-hydrogen) atoms. The summed E-state index contributed by atoms with van der Waals surface area (Å²) in [4.78, 5) is 10.7. The fraction of sp³-hybridized carbons (Fsp3) is 0.833. The number of carbonyl (C=O) groups is 1. The van der Waals surface area contributed by atoms with Crippen molar-refractivity contribution in [1.29, 1.82) is 0 Å². The molecule has 1 heterocycles. The summed E-state index contributed by atoms with van der Waals surface area (Å²) in [5.74, 6) is -0.142. The Kier molecular flexibility index (Phi) is 3.41. The predicted octanol–water partition coefficient (Wildman–Crippen LogP) is 0.754. The Hall–Kier alpha value is 0.160. The summed E-state index contributed by atoms with van der Waals surface area (Å²) in [6.07, 6.45) is 0.866. The van der Waals surface area contributed by atoms with Crippen molar-refractivity contribution in [3.05, 3.63) is 0 Å². The molecule has 0 radical (unpaired) electrons. The summed E-state index contributed by atoms with van der Waals surface area (Å²) in [7, 11) is 0. The smallest absolute Gasteiger partial charge is 0.316 e. The lowest BCUT2D eigenvalue weighted by atomic mass is 10.3. The van der Waals surface area contributed by atoms with Crippen molar-refractivity contribution in [3.63, 3.8) is 0 Å². The summed E-state index contributed by atoms with van der Waals surface area (Å²) >= 11 is 1.98. The SMILES string of the molecule is O=C(CI)O[C@@H]1CCOC1. The molecule has 0 saturated carbocycles. The Bertz CT molecular complexity index is 120. The van der Waals surface area contributed by atoms with Gasteiger partial charge in [-0.05, 0) is 0 Å². The first kappa shape index (κ1) is 8.26. The number of hydrogen-bond donors (Lipinski definition) is 0. The van der Waals surface area contributed by atoms with Crippen LogP contribution in [0.15, 0.2) is 0 Å². The number of rotatable bonds is 2. The van der Waals surface area contributed by atoms with Crippen molar-refractivity contribution in [2.24, 2.45) is 0 Å². The van der Waals surface area contributed by atoms with E-state index in [1.807, 2.05) is 22.6 Å². The van der Waals surface area contributed by atoms with E-state index in [9.17, 15) is 4.79 Å². The van der Waals surface area contributed by atoms with E-state index >= 15 is 0 Å². The second-order valence-electron chi connectivity index (χ2n) is 2.11. The Morgan fingerprint density at radius 1 is 1.80 bits per heavy atom. The third-order valence-electron chi connectivity index (χ3n) is 1.30. The predicted molar refractivity (Wildman–Crippen MR) is 44.2 cm³/mol. The zero-order valence-electron chi connectivity index (χ0n) is 5.51. The second-order valence-corrected chi connectivity index (χ2v) is 2.87. The monoisotopic (exact) mass is 256 g/mol. The van der Waals surface area contributed by atoms with Gasteiger partial charge in [-0.15, -0.1) is 0 Å². The summed E-state index contributed by atoms with van der Waals surface area (Å²) in [5, 5.41) is 0. The van der Waals surface area contributed by atoms with Crippen LogP contribution in [0.3, 0.4) is 0 Å². The van der Waals surface area contributed by atoms with Gasteiger partial charge in [0, 0.05) is 6.42 Å². The van der Waals surface area contributed by atoms with Crippen molar-refractivity contribution in [2.75, 3.05) is 17.6 Å². The van der Waals surface area contributed by atoms with Gasteiger partial charge in [-0.25, -0.2) is 0 Å². The first-order valence-electron chi connectivity index (χ1n) is 3.16. The van der Waals surface area contributed by atoms with Gasteiger partial charge in [0.15, 0.2) is 0 Å². The topological polar surface area (TPSA) is 35.5 Å². The molecule has 0 amide bonds. The van der Waals surface area contributed by atoms with Gasteiger partial charge in [0.1, 0.15) is 6.10 Å². The molecule has 1 rings (SSSR count). The van der Waals surface area contributed by atoms with E-state index < -0.39 is 0 Å². The molecule has 0 aliphatic carbocycles. The van der Waals surface area contributed by atoms with Gasteiger partial charge in [-0.3, -0.25) is 4.79 Å². The van der Waals surface area contributed by atoms with Gasteiger partial charge in [0.25, 0.3) is 0 Å². The van der Waals surface area contributed by atoms with E-state index in [1.165, 1.54) is 0 Å². The molecular weight excluding hydrogens is 247 g/mol. The van der Waals surface area contributed by atoms with E-state index in [1.54, 1.807) is 0 Å². The van der Waals surface area contributed by atoms with Crippen molar-refractivity contribution >= 4 is 28.6 Å². The van der Waals surface area contributed by atoms with Gasteiger partial charge < -0.3 is 9.47 Å².